The van der Waals surface area contributed by atoms with Crippen LogP contribution < -0.4 is 0 Å². The summed E-state index contributed by atoms with van der Waals surface area (Å²) in [6, 6.07) is 0. The number of hydrogen-bond donors (Lipinski definition) is 0. The van der Waals surface area contributed by atoms with Crippen molar-refractivity contribution in [3.05, 3.63) is 0 Å². The molecule has 0 spiro atoms. The van der Waals surface area contributed by atoms with Crippen LogP contribution in [-0.4, -0.2) is 76.1 Å². The van der Waals surface area contributed by atoms with E-state index in [0.717, 1.165) is 9.88 Å². The molecule has 0 radical (unpaired) electrons. The summed E-state index contributed by atoms with van der Waals surface area (Å²) in [5.74, 6) is -54.0. The van der Waals surface area contributed by atoms with E-state index in [1.165, 1.54) is 0 Å². The highest BCUT2D eigenvalue weighted by molar-refractivity contribution is 6.04. The van der Waals surface area contributed by atoms with Gasteiger partial charge in [-0.05, 0) is 9.05 Å². The average molecular weight is 600 g/mol. The largest absolute Gasteiger partial charge is 0.456 e. The lowest BCUT2D eigenvalue weighted by Crippen LogP contribution is -3.07. The van der Waals surface area contributed by atoms with Gasteiger partial charge in [0.25, 0.3) is 0 Å². The first kappa shape index (κ1) is 29.7. The van der Waals surface area contributed by atoms with E-state index in [0.29, 0.717) is 0 Å². The van der Waals surface area contributed by atoms with Crippen LogP contribution in [0.15, 0.2) is 0 Å². The molecule has 4 saturated carbocycles. The number of hydrogen-bond acceptors (Lipinski definition) is 4. The minimum atomic E-state index is -8.43. The van der Waals surface area contributed by atoms with Crippen molar-refractivity contribution in [2.45, 2.75) is 70.3 Å². The maximum Gasteiger partial charge on any atom is 0.456 e. The van der Waals surface area contributed by atoms with Gasteiger partial charge in [0, 0.05) is 0 Å². The highest BCUT2D eigenvalue weighted by Gasteiger charge is 3.20. The van der Waals surface area contributed by atoms with E-state index in [4.69, 9.17) is 0 Å². The van der Waals surface area contributed by atoms with Crippen molar-refractivity contribution < 1.29 is 107 Å². The van der Waals surface area contributed by atoms with E-state index in [9.17, 15) is 79.7 Å². The Labute approximate surface area is 185 Å². The number of rotatable bonds is 6. The van der Waals surface area contributed by atoms with E-state index in [1.54, 1.807) is 4.74 Å². The molecule has 0 heterocycles. The maximum atomic E-state index is 15.2. The summed E-state index contributed by atoms with van der Waals surface area (Å²) in [6.45, 7) is 0. The molecule has 0 aromatic rings. The zero-order valence-electron chi connectivity index (χ0n) is 15.7. The number of ether oxygens (including phenoxy) is 1. The fraction of sp³-hybridized carbons (Fsp3) is 0.923. The minimum absolute atomic E-state index is 1.10. The minimum Gasteiger partial charge on any atom is -0.291 e. The third-order valence-corrected chi connectivity index (χ3v) is 6.19. The first-order chi connectivity index (χ1) is 16.0. The van der Waals surface area contributed by atoms with Gasteiger partial charge >= 0.3 is 70.3 Å². The van der Waals surface area contributed by atoms with Crippen LogP contribution in [-0.2, 0) is 19.4 Å². The molecule has 0 amide bonds. The Morgan fingerprint density at radius 2 is 0.892 bits per heavy atom. The lowest BCUT2D eigenvalue weighted by atomic mass is 9.41. The number of carbonyl (C=O) groups is 1. The van der Waals surface area contributed by atoms with Crippen LogP contribution in [0.3, 0.4) is 0 Å². The Hall–Kier alpha value is -1.85. The van der Waals surface area contributed by atoms with Gasteiger partial charge in [-0.3, -0.25) is 9.53 Å². The fourth-order valence-electron chi connectivity index (χ4n) is 4.28. The van der Waals surface area contributed by atoms with Gasteiger partial charge in [-0.1, -0.05) is 0 Å². The van der Waals surface area contributed by atoms with E-state index >= 15 is 13.2 Å². The Bertz CT molecular complexity index is 1050. The predicted molar refractivity (Wildman–Crippen MR) is 63.2 cm³/mol. The van der Waals surface area contributed by atoms with Crippen molar-refractivity contribution in [2.24, 2.45) is 0 Å². The molecule has 4 bridgehead atoms. The second-order valence-electron chi connectivity index (χ2n) is 7.74. The van der Waals surface area contributed by atoms with Gasteiger partial charge in [0.15, 0.2) is 0 Å². The third-order valence-electron chi connectivity index (χ3n) is 6.19. The normalized spacial score (nSPS) is 45.1. The summed E-state index contributed by atoms with van der Waals surface area (Å²) in [6.07, 6.45) is -15.5. The zero-order chi connectivity index (χ0) is 29.7. The van der Waals surface area contributed by atoms with Crippen LogP contribution in [0.4, 0.5) is 88.1 Å². The van der Waals surface area contributed by atoms with Gasteiger partial charge in [-0.25, -0.2) is 22.0 Å². The van der Waals surface area contributed by atoms with Crippen LogP contribution in [0, 0.1) is 0 Å². The van der Waals surface area contributed by atoms with Crippen LogP contribution in [0.5, 0.6) is 0 Å². The fourth-order valence-corrected chi connectivity index (χ4v) is 4.28. The second-order valence-corrected chi connectivity index (χ2v) is 7.74. The number of carbonyl (C=O) groups excluding carboxylic acids is 1. The molecule has 24 heteroatoms. The topological polar surface area (TPSA) is 44.8 Å². The van der Waals surface area contributed by atoms with Crippen LogP contribution >= 0.6 is 0 Å². The van der Waals surface area contributed by atoms with Crippen molar-refractivity contribution >= 4 is 5.78 Å². The lowest BCUT2D eigenvalue weighted by molar-refractivity contribution is -0.598. The van der Waals surface area contributed by atoms with Crippen LogP contribution in [0.1, 0.15) is 0 Å². The highest BCUT2D eigenvalue weighted by atomic mass is 19.4. The van der Waals surface area contributed by atoms with E-state index in [1.807, 2.05) is 0 Å². The number of alkyl halides is 18. The summed E-state index contributed by atoms with van der Waals surface area (Å²) in [4.78, 5) is 13.9. The Kier molecular flexibility index (Phi) is 5.20. The average Bonchev–Trinajstić information content (AvgIpc) is 2.76. The first-order valence-corrected chi connectivity index (χ1v) is 8.23. The maximum absolute atomic E-state index is 15.2. The lowest BCUT2D eigenvalue weighted by Gasteiger charge is -2.71. The van der Waals surface area contributed by atoms with Crippen molar-refractivity contribution in [2.75, 3.05) is 0 Å². The molecule has 6 unspecified atom stereocenters. The van der Waals surface area contributed by atoms with Crippen LogP contribution in [0.25, 0.3) is 0 Å². The van der Waals surface area contributed by atoms with Crippen LogP contribution in [0.2, 0.25) is 0 Å². The van der Waals surface area contributed by atoms with Crippen molar-refractivity contribution in [3.8, 4) is 0 Å². The number of ketones is 1. The molecule has 0 N–H and O–H groups in total. The molecule has 0 aromatic carbocycles. The number of halogens is 20. The third kappa shape index (κ3) is 2.08. The second kappa shape index (κ2) is 6.47. The molecule has 6 atom stereocenters. The first-order valence-electron chi connectivity index (χ1n) is 8.23. The van der Waals surface area contributed by atoms with Crippen molar-refractivity contribution in [1.29, 1.82) is 0 Å². The van der Waals surface area contributed by atoms with Gasteiger partial charge < -0.3 is 0 Å². The van der Waals surface area contributed by atoms with Crippen molar-refractivity contribution in [1.82, 2.24) is 0 Å². The molecule has 216 valence electrons. The molecule has 0 saturated heterocycles. The molecule has 4 nitrogen and oxygen atoms in total. The molecule has 0 aromatic heterocycles. The Balaban J connectivity index is 2.52. The Morgan fingerprint density at radius 1 is 0.514 bits per heavy atom. The van der Waals surface area contributed by atoms with E-state index in [2.05, 4.69) is 0 Å². The van der Waals surface area contributed by atoms with Crippen molar-refractivity contribution in [3.63, 3.8) is 0 Å². The zero-order valence-corrected chi connectivity index (χ0v) is 15.7. The molecular formula is C13F20O4. The Morgan fingerprint density at radius 3 is 1.27 bits per heavy atom. The molecule has 37 heavy (non-hydrogen) atoms. The van der Waals surface area contributed by atoms with Gasteiger partial charge in [-0.2, -0.15) is 57.1 Å². The highest BCUT2D eigenvalue weighted by Crippen LogP contribution is 2.85. The molecule has 4 aliphatic carbocycles. The summed E-state index contributed by atoms with van der Waals surface area (Å²) in [5, 5.41) is 0. The van der Waals surface area contributed by atoms with E-state index < -0.39 is 76.1 Å². The molecular weight excluding hydrogens is 600 g/mol. The summed E-state index contributed by atoms with van der Waals surface area (Å²) in [7, 11) is 0. The van der Waals surface area contributed by atoms with Gasteiger partial charge in [0.2, 0.25) is 5.78 Å². The van der Waals surface area contributed by atoms with Gasteiger partial charge in [0.05, 0.1) is 0 Å². The predicted octanol–water partition coefficient (Wildman–Crippen LogP) is 5.31. The SMILES string of the molecule is O=C1C2(F)C(F)(F)C3(F)C(F)(F)C1(F)C(F)(OC(F)(F)C(F)(OF)C(F)(F)OF)C(F)(C2(F)F)C3(F)F. The summed E-state index contributed by atoms with van der Waals surface area (Å²) in [5.41, 5.74) is -32.1. The molecule has 4 rings (SSSR count). The molecule has 4 aliphatic rings. The monoisotopic (exact) mass is 600 g/mol. The number of Topliss-reactive ketones (excluding diaryl/α,β-unsaturated/α-hetero) is 1. The molecule has 4 fully saturated rings. The summed E-state index contributed by atoms with van der Waals surface area (Å²) >= 11 is 0. The quantitative estimate of drug-likeness (QED) is 0.389. The summed E-state index contributed by atoms with van der Waals surface area (Å²) < 4.78 is 282. The smallest absolute Gasteiger partial charge is 0.291 e. The van der Waals surface area contributed by atoms with Gasteiger partial charge in [-0.15, -0.1) is 9.88 Å². The van der Waals surface area contributed by atoms with Gasteiger partial charge in [0.1, 0.15) is 0 Å². The standard InChI is InChI=1S/C13F20O4/c14-2-1(34)3(15)8(22,23)4(16,6(2,18)19)9(24,25)5(17,7(2,20)21)10(3,26)35-12(28,29)11(27,36-32)13(30,31)37-33. The molecule has 0 aliphatic heterocycles. The van der Waals surface area contributed by atoms with E-state index in [-0.39, 0.29) is 0 Å².